The predicted octanol–water partition coefficient (Wildman–Crippen LogP) is 2.06. The Bertz CT molecular complexity index is 433. The number of carboxylic acid groups (broad SMARTS) is 1. The van der Waals surface area contributed by atoms with Crippen molar-refractivity contribution in [2.24, 2.45) is 0 Å². The van der Waals surface area contributed by atoms with Crippen LogP contribution in [0, 0.1) is 6.92 Å². The van der Waals surface area contributed by atoms with E-state index in [1.807, 2.05) is 19.2 Å². The molecule has 2 atom stereocenters. The largest absolute Gasteiger partial charge is 0.479 e. The third kappa shape index (κ3) is 2.82. The van der Waals surface area contributed by atoms with Gasteiger partial charge in [-0.15, -0.1) is 0 Å². The first-order chi connectivity index (χ1) is 8.58. The summed E-state index contributed by atoms with van der Waals surface area (Å²) in [5, 5.41) is 8.89. The molecule has 18 heavy (non-hydrogen) atoms. The Balaban J connectivity index is 1.95. The van der Waals surface area contributed by atoms with Crippen LogP contribution in [0.3, 0.4) is 0 Å². The van der Waals surface area contributed by atoms with Crippen molar-refractivity contribution in [3.8, 4) is 0 Å². The second kappa shape index (κ2) is 5.40. The Morgan fingerprint density at radius 3 is 2.78 bits per heavy atom. The van der Waals surface area contributed by atoms with Crippen molar-refractivity contribution in [3.05, 3.63) is 29.8 Å². The molecule has 0 aromatic heterocycles. The van der Waals surface area contributed by atoms with Crippen LogP contribution in [-0.2, 0) is 9.53 Å². The number of anilines is 1. The number of hydrogen-bond acceptors (Lipinski definition) is 3. The summed E-state index contributed by atoms with van der Waals surface area (Å²) < 4.78 is 5.51. The fraction of sp³-hybridized carbons (Fsp3) is 0.500. The quantitative estimate of drug-likeness (QED) is 0.887. The third-order valence-corrected chi connectivity index (χ3v) is 3.39. The van der Waals surface area contributed by atoms with E-state index in [1.165, 1.54) is 11.3 Å². The first kappa shape index (κ1) is 12.9. The highest BCUT2D eigenvalue weighted by atomic mass is 16.5. The third-order valence-electron chi connectivity index (χ3n) is 3.39. The van der Waals surface area contributed by atoms with Gasteiger partial charge in [-0.1, -0.05) is 18.2 Å². The van der Waals surface area contributed by atoms with Gasteiger partial charge in [0, 0.05) is 19.3 Å². The van der Waals surface area contributed by atoms with E-state index < -0.39 is 12.1 Å². The zero-order valence-electron chi connectivity index (χ0n) is 10.8. The predicted molar refractivity (Wildman–Crippen MR) is 70.0 cm³/mol. The van der Waals surface area contributed by atoms with Gasteiger partial charge in [-0.25, -0.2) is 4.79 Å². The Kier molecular flexibility index (Phi) is 3.87. The van der Waals surface area contributed by atoms with E-state index in [9.17, 15) is 4.79 Å². The van der Waals surface area contributed by atoms with E-state index in [0.717, 1.165) is 13.0 Å². The summed E-state index contributed by atoms with van der Waals surface area (Å²) in [5.74, 6) is -0.851. The monoisotopic (exact) mass is 249 g/mol. The van der Waals surface area contributed by atoms with Crippen molar-refractivity contribution in [2.45, 2.75) is 32.0 Å². The molecule has 1 saturated heterocycles. The van der Waals surface area contributed by atoms with Crippen molar-refractivity contribution in [3.63, 3.8) is 0 Å². The maximum atomic E-state index is 10.8. The molecule has 1 heterocycles. The highest BCUT2D eigenvalue weighted by Gasteiger charge is 2.31. The molecular formula is C14H19NO3. The number of carboxylic acids is 1. The van der Waals surface area contributed by atoms with E-state index in [-0.39, 0.29) is 6.10 Å². The molecule has 4 nitrogen and oxygen atoms in total. The van der Waals surface area contributed by atoms with Crippen LogP contribution in [-0.4, -0.2) is 36.9 Å². The van der Waals surface area contributed by atoms with Crippen LogP contribution < -0.4 is 4.90 Å². The Morgan fingerprint density at radius 1 is 1.44 bits per heavy atom. The second-order valence-electron chi connectivity index (χ2n) is 4.83. The number of rotatable bonds is 4. The van der Waals surface area contributed by atoms with E-state index in [0.29, 0.717) is 6.42 Å². The van der Waals surface area contributed by atoms with E-state index in [4.69, 9.17) is 9.84 Å². The van der Waals surface area contributed by atoms with Gasteiger partial charge in [0.2, 0.25) is 0 Å². The molecule has 1 N–H and O–H groups in total. The van der Waals surface area contributed by atoms with Gasteiger partial charge in [0.1, 0.15) is 0 Å². The molecule has 1 aliphatic heterocycles. The van der Waals surface area contributed by atoms with Gasteiger partial charge in [0.25, 0.3) is 0 Å². The van der Waals surface area contributed by atoms with Crippen molar-refractivity contribution in [2.75, 3.05) is 18.5 Å². The number of para-hydroxylation sites is 1. The number of likely N-dealkylation sites (N-methyl/N-ethyl adjacent to an activating group) is 1. The Morgan fingerprint density at radius 2 is 2.17 bits per heavy atom. The fourth-order valence-electron chi connectivity index (χ4n) is 2.42. The SMILES string of the molecule is Cc1ccccc1N(C)CC1CCC(C(=O)O)O1. The van der Waals surface area contributed by atoms with E-state index >= 15 is 0 Å². The molecule has 0 spiro atoms. The molecule has 0 aliphatic carbocycles. The van der Waals surface area contributed by atoms with Crippen LogP contribution in [0.5, 0.6) is 0 Å². The van der Waals surface area contributed by atoms with Crippen molar-refractivity contribution in [1.29, 1.82) is 0 Å². The summed E-state index contributed by atoms with van der Waals surface area (Å²) in [6, 6.07) is 8.16. The van der Waals surface area contributed by atoms with Crippen LogP contribution >= 0.6 is 0 Å². The van der Waals surface area contributed by atoms with Gasteiger partial charge in [-0.05, 0) is 31.4 Å². The minimum absolute atomic E-state index is 0.00991. The highest BCUT2D eigenvalue weighted by Crippen LogP contribution is 2.24. The van der Waals surface area contributed by atoms with Crippen molar-refractivity contribution in [1.82, 2.24) is 0 Å². The van der Waals surface area contributed by atoms with Gasteiger partial charge in [-0.2, -0.15) is 0 Å². The molecule has 98 valence electrons. The van der Waals surface area contributed by atoms with E-state index in [1.54, 1.807) is 0 Å². The van der Waals surface area contributed by atoms with Gasteiger partial charge in [0.05, 0.1) is 6.10 Å². The zero-order valence-corrected chi connectivity index (χ0v) is 10.8. The first-order valence-corrected chi connectivity index (χ1v) is 6.23. The smallest absolute Gasteiger partial charge is 0.332 e. The Hall–Kier alpha value is -1.55. The van der Waals surface area contributed by atoms with E-state index in [2.05, 4.69) is 24.0 Å². The van der Waals surface area contributed by atoms with Crippen LogP contribution in [0.4, 0.5) is 5.69 Å². The summed E-state index contributed by atoms with van der Waals surface area (Å²) >= 11 is 0. The summed E-state index contributed by atoms with van der Waals surface area (Å²) in [4.78, 5) is 12.9. The first-order valence-electron chi connectivity index (χ1n) is 6.23. The normalized spacial score (nSPS) is 23.0. The average molecular weight is 249 g/mol. The maximum Gasteiger partial charge on any atom is 0.332 e. The molecule has 1 aromatic rings. The molecule has 2 unspecified atom stereocenters. The molecule has 0 radical (unpaired) electrons. The number of nitrogens with zero attached hydrogens (tertiary/aromatic N) is 1. The number of benzene rings is 1. The minimum Gasteiger partial charge on any atom is -0.479 e. The average Bonchev–Trinajstić information content (AvgIpc) is 2.78. The molecule has 0 bridgehead atoms. The molecule has 1 aromatic carbocycles. The number of carbonyl (C=O) groups is 1. The minimum atomic E-state index is -0.851. The topological polar surface area (TPSA) is 49.8 Å². The van der Waals surface area contributed by atoms with Crippen molar-refractivity contribution < 1.29 is 14.6 Å². The maximum absolute atomic E-state index is 10.8. The van der Waals surface area contributed by atoms with Gasteiger partial charge >= 0.3 is 5.97 Å². The molecule has 1 fully saturated rings. The lowest BCUT2D eigenvalue weighted by atomic mass is 10.1. The van der Waals surface area contributed by atoms with Crippen LogP contribution in [0.25, 0.3) is 0 Å². The summed E-state index contributed by atoms with van der Waals surface area (Å²) in [6.07, 6.45) is 0.811. The lowest BCUT2D eigenvalue weighted by molar-refractivity contribution is -0.149. The van der Waals surface area contributed by atoms with Crippen LogP contribution in [0.2, 0.25) is 0 Å². The second-order valence-corrected chi connectivity index (χ2v) is 4.83. The Labute approximate surface area is 107 Å². The van der Waals surface area contributed by atoms with Gasteiger partial charge < -0.3 is 14.7 Å². The van der Waals surface area contributed by atoms with Gasteiger partial charge in [-0.3, -0.25) is 0 Å². The van der Waals surface area contributed by atoms with Crippen LogP contribution in [0.15, 0.2) is 24.3 Å². The zero-order chi connectivity index (χ0) is 13.1. The lowest BCUT2D eigenvalue weighted by Gasteiger charge is -2.24. The summed E-state index contributed by atoms with van der Waals surface area (Å²) in [7, 11) is 2.01. The standard InChI is InChI=1S/C14H19NO3/c1-10-5-3-4-6-12(10)15(2)9-11-7-8-13(18-11)14(16)17/h3-6,11,13H,7-9H2,1-2H3,(H,16,17). The molecule has 2 rings (SSSR count). The summed E-state index contributed by atoms with van der Waals surface area (Å²) in [5.41, 5.74) is 2.38. The van der Waals surface area contributed by atoms with Crippen molar-refractivity contribution >= 4 is 11.7 Å². The molecule has 0 amide bonds. The number of ether oxygens (including phenoxy) is 1. The number of hydrogen-bond donors (Lipinski definition) is 1. The number of aliphatic carboxylic acids is 1. The fourth-order valence-corrected chi connectivity index (χ4v) is 2.42. The lowest BCUT2D eigenvalue weighted by Crippen LogP contribution is -2.31. The molecule has 0 saturated carbocycles. The molecule has 4 heteroatoms. The number of aryl methyl sites for hydroxylation is 1. The molecular weight excluding hydrogens is 230 g/mol. The highest BCUT2D eigenvalue weighted by molar-refractivity contribution is 5.72. The van der Waals surface area contributed by atoms with Crippen LogP contribution in [0.1, 0.15) is 18.4 Å². The van der Waals surface area contributed by atoms with Gasteiger partial charge in [0.15, 0.2) is 6.10 Å². The summed E-state index contributed by atoms with van der Waals surface area (Å²) in [6.45, 7) is 2.80. The molecule has 1 aliphatic rings.